The van der Waals surface area contributed by atoms with E-state index in [0.29, 0.717) is 0 Å². The SMILES string of the molecule is Cc1nc2cc(NC(=O)C3(C)CN(Cc4ccccc4C)C3)ccc2s1. The highest BCUT2D eigenvalue weighted by Crippen LogP contribution is 2.33. The second-order valence-electron chi connectivity index (χ2n) is 7.50. The Labute approximate surface area is 157 Å². The van der Waals surface area contributed by atoms with Gasteiger partial charge in [0.05, 0.1) is 20.6 Å². The van der Waals surface area contributed by atoms with Crippen LogP contribution in [0, 0.1) is 19.3 Å². The van der Waals surface area contributed by atoms with Gasteiger partial charge in [0.2, 0.25) is 5.91 Å². The van der Waals surface area contributed by atoms with Crippen LogP contribution < -0.4 is 5.32 Å². The van der Waals surface area contributed by atoms with Crippen molar-refractivity contribution in [3.8, 4) is 0 Å². The Morgan fingerprint density at radius 3 is 2.77 bits per heavy atom. The molecule has 0 unspecified atom stereocenters. The van der Waals surface area contributed by atoms with Crippen molar-refractivity contribution in [1.82, 2.24) is 9.88 Å². The number of nitrogens with one attached hydrogen (secondary N) is 1. The molecule has 2 heterocycles. The smallest absolute Gasteiger partial charge is 0.232 e. The standard InChI is InChI=1S/C21H23N3OS/c1-14-6-4-5-7-16(14)11-24-12-21(3,13-24)20(25)23-17-8-9-19-18(10-17)22-15(2)26-19/h4-10H,11-13H2,1-3H3,(H,23,25). The molecule has 2 aromatic carbocycles. The maximum Gasteiger partial charge on any atom is 0.232 e. The van der Waals surface area contributed by atoms with Gasteiger partial charge < -0.3 is 5.32 Å². The Morgan fingerprint density at radius 1 is 1.23 bits per heavy atom. The summed E-state index contributed by atoms with van der Waals surface area (Å²) >= 11 is 1.67. The molecule has 0 aliphatic carbocycles. The molecule has 5 heteroatoms. The Bertz CT molecular complexity index is 972. The van der Waals surface area contributed by atoms with Gasteiger partial charge in [-0.2, -0.15) is 0 Å². The van der Waals surface area contributed by atoms with E-state index in [0.717, 1.165) is 40.5 Å². The van der Waals surface area contributed by atoms with E-state index < -0.39 is 0 Å². The summed E-state index contributed by atoms with van der Waals surface area (Å²) in [6.07, 6.45) is 0. The van der Waals surface area contributed by atoms with Gasteiger partial charge in [0.25, 0.3) is 0 Å². The van der Waals surface area contributed by atoms with Crippen molar-refractivity contribution in [2.75, 3.05) is 18.4 Å². The first-order valence-corrected chi connectivity index (χ1v) is 9.70. The van der Waals surface area contributed by atoms with Crippen molar-refractivity contribution < 1.29 is 4.79 Å². The van der Waals surface area contributed by atoms with Gasteiger partial charge in [-0.15, -0.1) is 11.3 Å². The Morgan fingerprint density at radius 2 is 2.00 bits per heavy atom. The van der Waals surface area contributed by atoms with E-state index in [4.69, 9.17) is 0 Å². The largest absolute Gasteiger partial charge is 0.325 e. The molecule has 1 N–H and O–H groups in total. The highest BCUT2D eigenvalue weighted by atomic mass is 32.1. The molecule has 26 heavy (non-hydrogen) atoms. The van der Waals surface area contributed by atoms with Gasteiger partial charge in [-0.3, -0.25) is 9.69 Å². The zero-order valence-electron chi connectivity index (χ0n) is 15.4. The molecular weight excluding hydrogens is 342 g/mol. The molecular formula is C21H23N3OS. The van der Waals surface area contributed by atoms with E-state index in [1.54, 1.807) is 11.3 Å². The number of aromatic nitrogens is 1. The van der Waals surface area contributed by atoms with Crippen LogP contribution in [-0.4, -0.2) is 28.9 Å². The highest BCUT2D eigenvalue weighted by Gasteiger charge is 2.44. The van der Waals surface area contributed by atoms with Crippen molar-refractivity contribution in [2.24, 2.45) is 5.41 Å². The lowest BCUT2D eigenvalue weighted by Crippen LogP contribution is -2.59. The second kappa shape index (κ2) is 6.49. The number of hydrogen-bond donors (Lipinski definition) is 1. The summed E-state index contributed by atoms with van der Waals surface area (Å²) in [5.74, 6) is 0.0878. The van der Waals surface area contributed by atoms with Gasteiger partial charge in [0.15, 0.2) is 0 Å². The lowest BCUT2D eigenvalue weighted by molar-refractivity contribution is -0.134. The number of hydrogen-bond acceptors (Lipinski definition) is 4. The van der Waals surface area contributed by atoms with Gasteiger partial charge in [-0.05, 0) is 50.1 Å². The minimum Gasteiger partial charge on any atom is -0.325 e. The quantitative estimate of drug-likeness (QED) is 0.746. The zero-order valence-corrected chi connectivity index (χ0v) is 16.2. The summed E-state index contributed by atoms with van der Waals surface area (Å²) in [5.41, 5.74) is 4.07. The molecule has 1 aliphatic heterocycles. The second-order valence-corrected chi connectivity index (χ2v) is 8.74. The summed E-state index contributed by atoms with van der Waals surface area (Å²) in [4.78, 5) is 19.6. The fourth-order valence-corrected chi connectivity index (χ4v) is 4.43. The molecule has 0 radical (unpaired) electrons. The summed E-state index contributed by atoms with van der Waals surface area (Å²) < 4.78 is 1.15. The number of anilines is 1. The molecule has 0 bridgehead atoms. The topological polar surface area (TPSA) is 45.2 Å². The third-order valence-corrected chi connectivity index (χ3v) is 6.05. The molecule has 1 fully saturated rings. The van der Waals surface area contributed by atoms with Crippen LogP contribution in [-0.2, 0) is 11.3 Å². The summed E-state index contributed by atoms with van der Waals surface area (Å²) in [5, 5.41) is 4.12. The minimum absolute atomic E-state index is 0.0878. The molecule has 0 atom stereocenters. The summed E-state index contributed by atoms with van der Waals surface area (Å²) in [6.45, 7) is 8.65. The minimum atomic E-state index is -0.338. The number of nitrogens with zero attached hydrogens (tertiary/aromatic N) is 2. The van der Waals surface area contributed by atoms with E-state index in [-0.39, 0.29) is 11.3 Å². The number of likely N-dealkylation sites (tertiary alicyclic amines) is 1. The van der Waals surface area contributed by atoms with Crippen LogP contribution in [0.3, 0.4) is 0 Å². The molecule has 0 saturated carbocycles. The van der Waals surface area contributed by atoms with Crippen LogP contribution in [0.25, 0.3) is 10.2 Å². The molecule has 3 aromatic rings. The van der Waals surface area contributed by atoms with Crippen molar-refractivity contribution in [3.63, 3.8) is 0 Å². The van der Waals surface area contributed by atoms with E-state index in [9.17, 15) is 4.79 Å². The third-order valence-electron chi connectivity index (χ3n) is 5.10. The Balaban J connectivity index is 1.39. The molecule has 0 spiro atoms. The summed E-state index contributed by atoms with van der Waals surface area (Å²) in [7, 11) is 0. The van der Waals surface area contributed by atoms with Crippen LogP contribution in [0.15, 0.2) is 42.5 Å². The number of fused-ring (bicyclic) bond motifs is 1. The first kappa shape index (κ1) is 17.2. The molecule has 4 rings (SSSR count). The van der Waals surface area contributed by atoms with Crippen LogP contribution in [0.5, 0.6) is 0 Å². The van der Waals surface area contributed by atoms with Crippen LogP contribution in [0.4, 0.5) is 5.69 Å². The van der Waals surface area contributed by atoms with Crippen LogP contribution >= 0.6 is 11.3 Å². The fourth-order valence-electron chi connectivity index (χ4n) is 3.63. The lowest BCUT2D eigenvalue weighted by atomic mass is 9.80. The Kier molecular flexibility index (Phi) is 4.29. The normalized spacial score (nSPS) is 16.4. The number of carbonyl (C=O) groups is 1. The maximum absolute atomic E-state index is 12.8. The lowest BCUT2D eigenvalue weighted by Gasteiger charge is -2.46. The molecule has 4 nitrogen and oxygen atoms in total. The third kappa shape index (κ3) is 3.24. The van der Waals surface area contributed by atoms with Gasteiger partial charge in [-0.25, -0.2) is 4.98 Å². The molecule has 1 saturated heterocycles. The average Bonchev–Trinajstić information content (AvgIpc) is 2.94. The first-order valence-electron chi connectivity index (χ1n) is 8.88. The van der Waals surface area contributed by atoms with E-state index in [2.05, 4.69) is 46.4 Å². The van der Waals surface area contributed by atoms with E-state index in [1.165, 1.54) is 11.1 Å². The fraction of sp³-hybridized carbons (Fsp3) is 0.333. The van der Waals surface area contributed by atoms with E-state index >= 15 is 0 Å². The van der Waals surface area contributed by atoms with Gasteiger partial charge in [0.1, 0.15) is 0 Å². The average molecular weight is 366 g/mol. The number of rotatable bonds is 4. The molecule has 1 aliphatic rings. The monoisotopic (exact) mass is 365 g/mol. The molecule has 1 amide bonds. The first-order chi connectivity index (χ1) is 12.4. The van der Waals surface area contributed by atoms with Crippen molar-refractivity contribution in [3.05, 3.63) is 58.6 Å². The van der Waals surface area contributed by atoms with Gasteiger partial charge in [0, 0.05) is 25.3 Å². The Hall–Kier alpha value is -2.24. The molecule has 134 valence electrons. The van der Waals surface area contributed by atoms with Crippen LogP contribution in [0.1, 0.15) is 23.1 Å². The van der Waals surface area contributed by atoms with Crippen LogP contribution in [0.2, 0.25) is 0 Å². The van der Waals surface area contributed by atoms with Crippen molar-refractivity contribution in [2.45, 2.75) is 27.3 Å². The number of carbonyl (C=O) groups excluding carboxylic acids is 1. The number of thiazole rings is 1. The molecule has 1 aromatic heterocycles. The highest BCUT2D eigenvalue weighted by molar-refractivity contribution is 7.18. The van der Waals surface area contributed by atoms with Gasteiger partial charge in [-0.1, -0.05) is 24.3 Å². The van der Waals surface area contributed by atoms with Gasteiger partial charge >= 0.3 is 0 Å². The van der Waals surface area contributed by atoms with E-state index in [1.807, 2.05) is 32.0 Å². The van der Waals surface area contributed by atoms with Crippen molar-refractivity contribution >= 4 is 33.1 Å². The number of benzene rings is 2. The maximum atomic E-state index is 12.8. The van der Waals surface area contributed by atoms with Crippen molar-refractivity contribution in [1.29, 1.82) is 0 Å². The summed E-state index contributed by atoms with van der Waals surface area (Å²) in [6, 6.07) is 14.4. The number of aryl methyl sites for hydroxylation is 2. The zero-order chi connectivity index (χ0) is 18.3. The number of amides is 1. The predicted octanol–water partition coefficient (Wildman–Crippen LogP) is 4.37. The predicted molar refractivity (Wildman–Crippen MR) is 108 cm³/mol.